The minimum Gasteiger partial charge on any atom is -0.480 e. The first-order valence-electron chi connectivity index (χ1n) is 6.12. The van der Waals surface area contributed by atoms with Crippen LogP contribution in [0.25, 0.3) is 0 Å². The van der Waals surface area contributed by atoms with E-state index in [0.29, 0.717) is 5.69 Å². The minimum atomic E-state index is -1.04. The average molecular weight is 272 g/mol. The maximum Gasteiger partial charge on any atom is 0.326 e. The number of imidazole rings is 1. The number of aromatic nitrogens is 3. The fraction of sp³-hybridized carbons (Fsp3) is 0.231. The monoisotopic (exact) mass is 272 g/mol. The second-order valence-electron chi connectivity index (χ2n) is 4.53. The van der Waals surface area contributed by atoms with Gasteiger partial charge < -0.3 is 15.0 Å². The Kier molecular flexibility index (Phi) is 2.94. The number of hydrogen-bond donors (Lipinski definition) is 2. The Morgan fingerprint density at radius 1 is 1.35 bits per heavy atom. The summed E-state index contributed by atoms with van der Waals surface area (Å²) in [5, 5.41) is 9.32. The van der Waals surface area contributed by atoms with Crippen LogP contribution in [0.5, 0.6) is 0 Å². The molecule has 0 aromatic carbocycles. The first-order chi connectivity index (χ1) is 9.66. The number of carbonyl (C=O) groups excluding carboxylic acids is 1. The van der Waals surface area contributed by atoms with Gasteiger partial charge in [-0.1, -0.05) is 6.07 Å². The molecule has 1 aliphatic heterocycles. The predicted molar refractivity (Wildman–Crippen MR) is 67.8 cm³/mol. The molecule has 0 bridgehead atoms. The van der Waals surface area contributed by atoms with E-state index in [2.05, 4.69) is 15.0 Å². The molecule has 0 fully saturated rings. The molecule has 2 N–H and O–H groups in total. The van der Waals surface area contributed by atoms with Gasteiger partial charge in [-0.3, -0.25) is 9.78 Å². The number of carboxylic acid groups (broad SMARTS) is 1. The average Bonchev–Trinajstić information content (AvgIpc) is 2.93. The summed E-state index contributed by atoms with van der Waals surface area (Å²) >= 11 is 0. The number of carbonyl (C=O) groups is 2. The van der Waals surface area contributed by atoms with Gasteiger partial charge in [0.05, 0.1) is 24.3 Å². The van der Waals surface area contributed by atoms with Crippen molar-refractivity contribution in [2.75, 3.05) is 0 Å². The Bertz CT molecular complexity index is 653. The van der Waals surface area contributed by atoms with Crippen LogP contribution in [-0.4, -0.2) is 42.9 Å². The summed E-state index contributed by atoms with van der Waals surface area (Å²) in [5.74, 6) is -1.43. The maximum absolute atomic E-state index is 12.4. The molecule has 1 aliphatic rings. The van der Waals surface area contributed by atoms with Crippen LogP contribution in [-0.2, 0) is 17.8 Å². The molecule has 1 unspecified atom stereocenters. The van der Waals surface area contributed by atoms with E-state index in [9.17, 15) is 14.7 Å². The first kappa shape index (κ1) is 12.3. The SMILES string of the molecule is O=C(O)C1Cc2nc[nH]c2CN1C(=O)c1ccccn1. The van der Waals surface area contributed by atoms with Crippen LogP contribution >= 0.6 is 0 Å². The van der Waals surface area contributed by atoms with Crippen LogP contribution < -0.4 is 0 Å². The van der Waals surface area contributed by atoms with Gasteiger partial charge in [0.15, 0.2) is 0 Å². The maximum atomic E-state index is 12.4. The fourth-order valence-electron chi connectivity index (χ4n) is 2.31. The normalized spacial score (nSPS) is 17.6. The lowest BCUT2D eigenvalue weighted by molar-refractivity contribution is -0.142. The van der Waals surface area contributed by atoms with Crippen LogP contribution in [0.15, 0.2) is 30.7 Å². The van der Waals surface area contributed by atoms with E-state index in [4.69, 9.17) is 0 Å². The molecule has 7 nitrogen and oxygen atoms in total. The third-order valence-electron chi connectivity index (χ3n) is 3.33. The van der Waals surface area contributed by atoms with Crippen LogP contribution in [0.3, 0.4) is 0 Å². The van der Waals surface area contributed by atoms with Gasteiger partial charge in [0.1, 0.15) is 11.7 Å². The Balaban J connectivity index is 1.95. The highest BCUT2D eigenvalue weighted by atomic mass is 16.4. The highest BCUT2D eigenvalue weighted by Crippen LogP contribution is 2.22. The van der Waals surface area contributed by atoms with Gasteiger partial charge in [-0.15, -0.1) is 0 Å². The molecule has 2 aromatic heterocycles. The number of H-pyrrole nitrogens is 1. The molecule has 3 rings (SSSR count). The van der Waals surface area contributed by atoms with Crippen molar-refractivity contribution in [2.45, 2.75) is 19.0 Å². The highest BCUT2D eigenvalue weighted by Gasteiger charge is 2.36. The van der Waals surface area contributed by atoms with Crippen LogP contribution in [0.4, 0.5) is 0 Å². The van der Waals surface area contributed by atoms with E-state index in [1.807, 2.05) is 0 Å². The number of fused-ring (bicyclic) bond motifs is 1. The molecule has 20 heavy (non-hydrogen) atoms. The summed E-state index contributed by atoms with van der Waals surface area (Å²) < 4.78 is 0. The van der Waals surface area contributed by atoms with Crippen molar-refractivity contribution in [3.63, 3.8) is 0 Å². The van der Waals surface area contributed by atoms with E-state index < -0.39 is 17.9 Å². The Morgan fingerprint density at radius 3 is 2.90 bits per heavy atom. The smallest absolute Gasteiger partial charge is 0.326 e. The second-order valence-corrected chi connectivity index (χ2v) is 4.53. The van der Waals surface area contributed by atoms with E-state index in [1.165, 1.54) is 17.4 Å². The molecular weight excluding hydrogens is 260 g/mol. The standard InChI is InChI=1S/C13H12N4O3/c18-12(8-3-1-2-4-14-8)17-6-10-9(15-7-16-10)5-11(17)13(19)20/h1-4,7,11H,5-6H2,(H,15,16)(H,19,20). The van der Waals surface area contributed by atoms with Gasteiger partial charge in [0, 0.05) is 12.6 Å². The van der Waals surface area contributed by atoms with Crippen molar-refractivity contribution >= 4 is 11.9 Å². The molecular formula is C13H12N4O3. The molecule has 2 aromatic rings. The molecule has 0 spiro atoms. The topological polar surface area (TPSA) is 99.2 Å². The number of aromatic amines is 1. The molecule has 0 saturated heterocycles. The van der Waals surface area contributed by atoms with Crippen molar-refractivity contribution in [2.24, 2.45) is 0 Å². The van der Waals surface area contributed by atoms with E-state index in [-0.39, 0.29) is 18.7 Å². The third-order valence-corrected chi connectivity index (χ3v) is 3.33. The third kappa shape index (κ3) is 2.03. The number of pyridine rings is 1. The molecule has 7 heteroatoms. The molecule has 0 radical (unpaired) electrons. The van der Waals surface area contributed by atoms with Gasteiger partial charge in [-0.05, 0) is 12.1 Å². The number of aliphatic carboxylic acids is 1. The van der Waals surface area contributed by atoms with E-state index in [0.717, 1.165) is 5.69 Å². The first-order valence-corrected chi connectivity index (χ1v) is 6.12. The Hall–Kier alpha value is -2.70. The molecule has 0 aliphatic carbocycles. The second kappa shape index (κ2) is 4.76. The Morgan fingerprint density at radius 2 is 2.20 bits per heavy atom. The van der Waals surface area contributed by atoms with E-state index >= 15 is 0 Å². The van der Waals surface area contributed by atoms with Crippen LogP contribution in [0.1, 0.15) is 21.9 Å². The zero-order valence-electron chi connectivity index (χ0n) is 10.5. The van der Waals surface area contributed by atoms with Crippen molar-refractivity contribution in [3.05, 3.63) is 47.8 Å². The highest BCUT2D eigenvalue weighted by molar-refractivity contribution is 5.95. The summed E-state index contributed by atoms with van der Waals surface area (Å²) in [5.41, 5.74) is 1.70. The number of hydrogen-bond acceptors (Lipinski definition) is 4. The number of nitrogens with one attached hydrogen (secondary N) is 1. The zero-order valence-corrected chi connectivity index (χ0v) is 10.5. The zero-order chi connectivity index (χ0) is 14.1. The van der Waals surface area contributed by atoms with Gasteiger partial charge >= 0.3 is 5.97 Å². The summed E-state index contributed by atoms with van der Waals surface area (Å²) in [7, 11) is 0. The van der Waals surface area contributed by atoms with Gasteiger partial charge in [0.2, 0.25) is 0 Å². The lowest BCUT2D eigenvalue weighted by atomic mass is 10.0. The number of amides is 1. The molecule has 1 atom stereocenters. The van der Waals surface area contributed by atoms with Crippen LogP contribution in [0, 0.1) is 0 Å². The van der Waals surface area contributed by atoms with Crippen molar-refractivity contribution in [1.29, 1.82) is 0 Å². The largest absolute Gasteiger partial charge is 0.480 e. The summed E-state index contributed by atoms with van der Waals surface area (Å²) in [6, 6.07) is 4.06. The van der Waals surface area contributed by atoms with Gasteiger partial charge in [0.25, 0.3) is 5.91 Å². The van der Waals surface area contributed by atoms with Crippen LogP contribution in [0.2, 0.25) is 0 Å². The Labute approximate surface area is 114 Å². The fourth-order valence-corrected chi connectivity index (χ4v) is 2.31. The quantitative estimate of drug-likeness (QED) is 0.827. The van der Waals surface area contributed by atoms with Crippen molar-refractivity contribution in [3.8, 4) is 0 Å². The van der Waals surface area contributed by atoms with E-state index in [1.54, 1.807) is 18.2 Å². The summed E-state index contributed by atoms with van der Waals surface area (Å²) in [6.45, 7) is 0.196. The molecule has 0 saturated carbocycles. The molecule has 102 valence electrons. The number of rotatable bonds is 2. The molecule has 1 amide bonds. The van der Waals surface area contributed by atoms with Crippen molar-refractivity contribution in [1.82, 2.24) is 19.9 Å². The predicted octanol–water partition coefficient (Wildman–Crippen LogP) is 0.456. The lowest BCUT2D eigenvalue weighted by Crippen LogP contribution is -2.48. The lowest BCUT2D eigenvalue weighted by Gasteiger charge is -2.32. The van der Waals surface area contributed by atoms with Gasteiger partial charge in [-0.25, -0.2) is 9.78 Å². The van der Waals surface area contributed by atoms with Gasteiger partial charge in [-0.2, -0.15) is 0 Å². The number of nitrogens with zero attached hydrogens (tertiary/aromatic N) is 3. The van der Waals surface area contributed by atoms with Crippen molar-refractivity contribution < 1.29 is 14.7 Å². The number of carboxylic acids is 1. The minimum absolute atomic E-state index is 0.196. The molecule has 3 heterocycles. The summed E-state index contributed by atoms with van der Waals surface area (Å²) in [4.78, 5) is 36.1. The summed E-state index contributed by atoms with van der Waals surface area (Å²) in [6.07, 6.45) is 3.22.